The van der Waals surface area contributed by atoms with E-state index in [2.05, 4.69) is 5.32 Å². The van der Waals surface area contributed by atoms with Crippen LogP contribution >= 0.6 is 23.2 Å². The van der Waals surface area contributed by atoms with Gasteiger partial charge in [-0.3, -0.25) is 14.9 Å². The fourth-order valence-corrected chi connectivity index (χ4v) is 4.25. The van der Waals surface area contributed by atoms with Crippen molar-refractivity contribution in [3.8, 4) is 11.5 Å². The van der Waals surface area contributed by atoms with Crippen LogP contribution in [0.25, 0.3) is 6.08 Å². The number of imide groups is 2. The first kappa shape index (κ1) is 25.3. The van der Waals surface area contributed by atoms with Crippen LogP contribution in [0.15, 0.2) is 60.2 Å². The number of halogens is 2. The second-order valence-electron chi connectivity index (χ2n) is 8.15. The molecule has 0 aliphatic carbocycles. The Labute approximate surface area is 218 Å². The van der Waals surface area contributed by atoms with Gasteiger partial charge in [0, 0.05) is 5.02 Å². The number of aryl methyl sites for hydroxylation is 1. The van der Waals surface area contributed by atoms with Crippen LogP contribution in [0.2, 0.25) is 10.0 Å². The third kappa shape index (κ3) is 5.08. The van der Waals surface area contributed by atoms with Crippen molar-refractivity contribution in [1.82, 2.24) is 5.32 Å². The van der Waals surface area contributed by atoms with E-state index in [4.69, 9.17) is 32.7 Å². The third-order valence-corrected chi connectivity index (χ3v) is 6.30. The zero-order chi connectivity index (χ0) is 26.0. The minimum Gasteiger partial charge on any atom is -0.493 e. The van der Waals surface area contributed by atoms with Gasteiger partial charge in [0.2, 0.25) is 0 Å². The van der Waals surface area contributed by atoms with Gasteiger partial charge in [-0.05, 0) is 60.9 Å². The van der Waals surface area contributed by atoms with Gasteiger partial charge in [0.1, 0.15) is 12.2 Å². The van der Waals surface area contributed by atoms with Crippen molar-refractivity contribution < 1.29 is 23.9 Å². The van der Waals surface area contributed by atoms with Crippen molar-refractivity contribution in [1.29, 1.82) is 0 Å². The maximum Gasteiger partial charge on any atom is 0.335 e. The van der Waals surface area contributed by atoms with Crippen LogP contribution in [0.5, 0.6) is 11.5 Å². The summed E-state index contributed by atoms with van der Waals surface area (Å²) in [5, 5.41) is 2.82. The highest BCUT2D eigenvalue weighted by Crippen LogP contribution is 2.38. The van der Waals surface area contributed by atoms with E-state index in [9.17, 15) is 14.4 Å². The maximum atomic E-state index is 13.3. The first-order chi connectivity index (χ1) is 17.2. The summed E-state index contributed by atoms with van der Waals surface area (Å²) in [6.07, 6.45) is 1.34. The van der Waals surface area contributed by atoms with E-state index >= 15 is 0 Å². The molecule has 9 heteroatoms. The second-order valence-corrected chi connectivity index (χ2v) is 8.97. The number of carbonyl (C=O) groups excluding carboxylic acids is 3. The summed E-state index contributed by atoms with van der Waals surface area (Å²) in [4.78, 5) is 39.2. The molecule has 36 heavy (non-hydrogen) atoms. The highest BCUT2D eigenvalue weighted by Gasteiger charge is 2.37. The molecule has 0 atom stereocenters. The predicted octanol–water partition coefficient (Wildman–Crippen LogP) is 5.86. The summed E-state index contributed by atoms with van der Waals surface area (Å²) < 4.78 is 11.4. The van der Waals surface area contributed by atoms with Gasteiger partial charge in [-0.2, -0.15) is 0 Å². The average molecular weight is 525 g/mol. The van der Waals surface area contributed by atoms with Gasteiger partial charge < -0.3 is 9.47 Å². The Morgan fingerprint density at radius 2 is 1.72 bits per heavy atom. The minimum absolute atomic E-state index is 0.233. The first-order valence-corrected chi connectivity index (χ1v) is 11.7. The van der Waals surface area contributed by atoms with Crippen LogP contribution in [-0.4, -0.2) is 25.0 Å². The SMILES string of the molecule is COc1cc(/C=C2\C(=O)NC(=O)N(c3cccc(Cl)c3C)C2=O)cc(Cl)c1OCc1cccc(C)c1. The maximum absolute atomic E-state index is 13.3. The Kier molecular flexibility index (Phi) is 7.33. The number of hydrogen-bond acceptors (Lipinski definition) is 5. The zero-order valence-corrected chi connectivity index (χ0v) is 21.2. The molecule has 1 aliphatic heterocycles. The monoisotopic (exact) mass is 524 g/mol. The van der Waals surface area contributed by atoms with Crippen molar-refractivity contribution in [3.05, 3.63) is 92.5 Å². The number of benzene rings is 3. The molecule has 7 nitrogen and oxygen atoms in total. The van der Waals surface area contributed by atoms with Gasteiger partial charge in [-0.15, -0.1) is 0 Å². The summed E-state index contributed by atoms with van der Waals surface area (Å²) in [7, 11) is 1.46. The molecular formula is C27H22Cl2N2O5. The highest BCUT2D eigenvalue weighted by atomic mass is 35.5. The van der Waals surface area contributed by atoms with Gasteiger partial charge in [0.25, 0.3) is 11.8 Å². The largest absolute Gasteiger partial charge is 0.493 e. The normalized spacial score (nSPS) is 14.8. The first-order valence-electron chi connectivity index (χ1n) is 10.9. The Bertz CT molecular complexity index is 1420. The van der Waals surface area contributed by atoms with Crippen molar-refractivity contribution in [2.75, 3.05) is 12.0 Å². The molecule has 184 valence electrons. The molecule has 0 unspecified atom stereocenters. The molecule has 1 fully saturated rings. The molecule has 0 bridgehead atoms. The lowest BCUT2D eigenvalue weighted by Crippen LogP contribution is -2.54. The molecule has 1 saturated heterocycles. The topological polar surface area (TPSA) is 84.9 Å². The third-order valence-electron chi connectivity index (χ3n) is 5.61. The fourth-order valence-electron chi connectivity index (χ4n) is 3.80. The lowest BCUT2D eigenvalue weighted by molar-refractivity contribution is -0.122. The Morgan fingerprint density at radius 3 is 2.44 bits per heavy atom. The number of ether oxygens (including phenoxy) is 2. The molecule has 1 aliphatic rings. The van der Waals surface area contributed by atoms with Crippen LogP contribution in [-0.2, 0) is 16.2 Å². The number of methoxy groups -OCH3 is 1. The van der Waals surface area contributed by atoms with Crippen molar-refractivity contribution in [3.63, 3.8) is 0 Å². The quantitative estimate of drug-likeness (QED) is 0.322. The molecule has 3 aromatic carbocycles. The number of nitrogens with one attached hydrogen (secondary N) is 1. The number of amides is 4. The number of rotatable bonds is 6. The van der Waals surface area contributed by atoms with Gasteiger partial charge >= 0.3 is 6.03 Å². The van der Waals surface area contributed by atoms with Crippen LogP contribution in [0.3, 0.4) is 0 Å². The second kappa shape index (κ2) is 10.4. The van der Waals surface area contributed by atoms with E-state index in [0.29, 0.717) is 27.6 Å². The molecule has 3 aromatic rings. The van der Waals surface area contributed by atoms with Gasteiger partial charge in [-0.25, -0.2) is 9.69 Å². The van der Waals surface area contributed by atoms with Gasteiger partial charge in [0.05, 0.1) is 17.8 Å². The zero-order valence-electron chi connectivity index (χ0n) is 19.7. The van der Waals surface area contributed by atoms with Crippen molar-refractivity contribution in [2.24, 2.45) is 0 Å². The number of anilines is 1. The van der Waals surface area contributed by atoms with Crippen LogP contribution < -0.4 is 19.7 Å². The van der Waals surface area contributed by atoms with E-state index in [1.807, 2.05) is 31.2 Å². The summed E-state index contributed by atoms with van der Waals surface area (Å²) in [5.74, 6) is -0.960. The Morgan fingerprint density at radius 1 is 0.972 bits per heavy atom. The molecule has 0 radical (unpaired) electrons. The molecule has 1 heterocycles. The number of carbonyl (C=O) groups is 3. The molecule has 0 saturated carbocycles. The standard InChI is InChI=1S/C27H22Cl2N2O5/c1-15-6-4-7-17(10-15)14-36-24-21(29)12-18(13-23(24)35-3)11-19-25(32)30-27(34)31(26(19)33)22-9-5-8-20(28)16(22)2/h4-13H,14H2,1-3H3,(H,30,32,34)/b19-11+. The van der Waals surface area contributed by atoms with Gasteiger partial charge in [-0.1, -0.05) is 59.1 Å². The minimum atomic E-state index is -0.858. The smallest absolute Gasteiger partial charge is 0.335 e. The van der Waals surface area contributed by atoms with E-state index in [1.54, 1.807) is 37.3 Å². The molecule has 0 aromatic heterocycles. The van der Waals surface area contributed by atoms with E-state index in [0.717, 1.165) is 16.0 Å². The van der Waals surface area contributed by atoms with E-state index in [1.165, 1.54) is 13.2 Å². The summed E-state index contributed by atoms with van der Waals surface area (Å²) in [6, 6.07) is 15.0. The van der Waals surface area contributed by atoms with Crippen molar-refractivity contribution >= 4 is 52.8 Å². The molecular weight excluding hydrogens is 503 g/mol. The summed E-state index contributed by atoms with van der Waals surface area (Å²) >= 11 is 12.7. The van der Waals surface area contributed by atoms with E-state index in [-0.39, 0.29) is 22.9 Å². The number of barbiturate groups is 1. The predicted molar refractivity (Wildman–Crippen MR) is 139 cm³/mol. The molecule has 1 N–H and O–H groups in total. The molecule has 4 rings (SSSR count). The molecule has 0 spiro atoms. The molecule has 4 amide bonds. The average Bonchev–Trinajstić information content (AvgIpc) is 2.83. The number of nitrogens with zero attached hydrogens (tertiary/aromatic N) is 1. The van der Waals surface area contributed by atoms with Crippen molar-refractivity contribution in [2.45, 2.75) is 20.5 Å². The van der Waals surface area contributed by atoms with Crippen LogP contribution in [0.1, 0.15) is 22.3 Å². The summed E-state index contributed by atoms with van der Waals surface area (Å²) in [6.45, 7) is 3.94. The highest BCUT2D eigenvalue weighted by molar-refractivity contribution is 6.40. The number of hydrogen-bond donors (Lipinski definition) is 1. The lowest BCUT2D eigenvalue weighted by Gasteiger charge is -2.27. The fraction of sp³-hybridized carbons (Fsp3) is 0.148. The Hall–Kier alpha value is -3.81. The van der Waals surface area contributed by atoms with E-state index < -0.39 is 17.8 Å². The lowest BCUT2D eigenvalue weighted by atomic mass is 10.1. The van der Waals surface area contributed by atoms with Gasteiger partial charge in [0.15, 0.2) is 11.5 Å². The van der Waals surface area contributed by atoms with Crippen LogP contribution in [0, 0.1) is 13.8 Å². The number of urea groups is 1. The Balaban J connectivity index is 1.66. The summed E-state index contributed by atoms with van der Waals surface area (Å²) in [5.41, 5.74) is 3.03. The van der Waals surface area contributed by atoms with Crippen LogP contribution in [0.4, 0.5) is 10.5 Å².